The predicted molar refractivity (Wildman–Crippen MR) is 185 cm³/mol. The summed E-state index contributed by atoms with van der Waals surface area (Å²) in [7, 11) is 0. The zero-order valence-corrected chi connectivity index (χ0v) is 28.0. The second-order valence-corrected chi connectivity index (χ2v) is 11.8. The highest BCUT2D eigenvalue weighted by molar-refractivity contribution is 5.85. The van der Waals surface area contributed by atoms with Crippen molar-refractivity contribution in [2.75, 3.05) is 6.54 Å². The number of allylic oxidation sites excluding steroid dienone is 4. The van der Waals surface area contributed by atoms with Crippen molar-refractivity contribution in [2.45, 2.75) is 86.7 Å². The van der Waals surface area contributed by atoms with Crippen molar-refractivity contribution in [1.29, 1.82) is 0 Å². The highest BCUT2D eigenvalue weighted by Gasteiger charge is 2.24. The molecule has 5 heteroatoms. The van der Waals surface area contributed by atoms with Gasteiger partial charge in [0.1, 0.15) is 5.82 Å². The van der Waals surface area contributed by atoms with Crippen LogP contribution in [0.3, 0.4) is 0 Å². The molecule has 0 bridgehead atoms. The van der Waals surface area contributed by atoms with E-state index in [-0.39, 0.29) is 11.7 Å². The summed E-state index contributed by atoms with van der Waals surface area (Å²) in [5.74, 6) is -0.450. The number of nitrogens with one attached hydrogen (secondary N) is 1. The van der Waals surface area contributed by atoms with Crippen molar-refractivity contribution in [3.8, 4) is 0 Å². The molecule has 3 aromatic carbocycles. The van der Waals surface area contributed by atoms with Gasteiger partial charge in [-0.25, -0.2) is 4.39 Å². The number of carbonyl (C=O) groups is 1. The molecule has 0 unspecified atom stereocenters. The van der Waals surface area contributed by atoms with Gasteiger partial charge < -0.3 is 16.0 Å². The molecule has 1 amide bonds. The number of rotatable bonds is 12. The fourth-order valence-corrected chi connectivity index (χ4v) is 4.62. The van der Waals surface area contributed by atoms with Crippen LogP contribution in [0.15, 0.2) is 107 Å². The molecule has 3 N–H and O–H groups in total. The summed E-state index contributed by atoms with van der Waals surface area (Å²) in [6.45, 7) is 17.1. The molecule has 0 aliphatic carbocycles. The van der Waals surface area contributed by atoms with Gasteiger partial charge in [0, 0.05) is 24.4 Å². The molecule has 0 saturated carbocycles. The Labute approximate surface area is 265 Å². The Morgan fingerprint density at radius 1 is 0.864 bits per heavy atom. The maximum atomic E-state index is 13.6. The minimum Gasteiger partial charge on any atom is -0.349 e. The minimum atomic E-state index is -0.963. The van der Waals surface area contributed by atoms with E-state index in [4.69, 9.17) is 5.73 Å². The summed E-state index contributed by atoms with van der Waals surface area (Å²) in [4.78, 5) is 14.9. The summed E-state index contributed by atoms with van der Waals surface area (Å²) in [6, 6.07) is 25.4. The van der Waals surface area contributed by atoms with E-state index >= 15 is 0 Å². The maximum Gasteiger partial charge on any atom is 0.239 e. The number of aryl methyl sites for hydroxylation is 1. The van der Waals surface area contributed by atoms with E-state index in [1.807, 2.05) is 25.1 Å². The smallest absolute Gasteiger partial charge is 0.239 e. The number of hydrogen-bond acceptors (Lipinski definition) is 3. The van der Waals surface area contributed by atoms with Crippen molar-refractivity contribution >= 4 is 12.0 Å². The van der Waals surface area contributed by atoms with Crippen LogP contribution < -0.4 is 11.1 Å². The largest absolute Gasteiger partial charge is 0.349 e. The highest BCUT2D eigenvalue weighted by atomic mass is 19.1. The van der Waals surface area contributed by atoms with E-state index in [1.54, 1.807) is 13.8 Å². The first-order valence-corrected chi connectivity index (χ1v) is 15.6. The van der Waals surface area contributed by atoms with Crippen molar-refractivity contribution in [3.63, 3.8) is 0 Å². The normalized spacial score (nSPS) is 12.6. The Morgan fingerprint density at radius 2 is 1.43 bits per heavy atom. The summed E-state index contributed by atoms with van der Waals surface area (Å²) < 4.78 is 13.6. The summed E-state index contributed by atoms with van der Waals surface area (Å²) in [6.07, 6.45) is 6.69. The van der Waals surface area contributed by atoms with Gasteiger partial charge in [-0.05, 0) is 88.8 Å². The van der Waals surface area contributed by atoms with E-state index in [1.165, 1.54) is 45.7 Å². The third-order valence-electron chi connectivity index (χ3n) is 7.70. The van der Waals surface area contributed by atoms with Gasteiger partial charge in [-0.1, -0.05) is 104 Å². The third kappa shape index (κ3) is 11.6. The molecule has 44 heavy (non-hydrogen) atoms. The molecular weight excluding hydrogens is 545 g/mol. The molecule has 3 rings (SSSR count). The van der Waals surface area contributed by atoms with Crippen LogP contribution in [0.2, 0.25) is 0 Å². The standard InChI is InChI=1S/C29H40FN3O.C10H12/c1-7-21(3)26(18-23-12-10-9-11-13-23)33(20-24-14-16-25(30)17-15-24)27(22(4)8-2)19-32-28(34)29(5,6)31;1-3-6-10-8-5-4-7-9(10)2/h9-17H,7-8,18-20,31H2,1-6H3,(H,32,34);3-8H,1-2H3/b26-21?,27-22+;6-3-. The van der Waals surface area contributed by atoms with E-state index < -0.39 is 5.54 Å². The molecule has 4 nitrogen and oxygen atoms in total. The van der Waals surface area contributed by atoms with Crippen LogP contribution in [0, 0.1) is 12.7 Å². The molecular formula is C39H52FN3O. The van der Waals surface area contributed by atoms with Gasteiger partial charge in [0.15, 0.2) is 0 Å². The van der Waals surface area contributed by atoms with E-state index in [2.05, 4.69) is 106 Å². The van der Waals surface area contributed by atoms with Crippen LogP contribution in [0.4, 0.5) is 4.39 Å². The monoisotopic (exact) mass is 597 g/mol. The van der Waals surface area contributed by atoms with Gasteiger partial charge in [-0.15, -0.1) is 0 Å². The van der Waals surface area contributed by atoms with Crippen LogP contribution in [0.1, 0.15) is 83.6 Å². The zero-order chi connectivity index (χ0) is 32.7. The Morgan fingerprint density at radius 3 is 1.98 bits per heavy atom. The number of amides is 1. The van der Waals surface area contributed by atoms with Gasteiger partial charge in [-0.3, -0.25) is 4.79 Å². The van der Waals surface area contributed by atoms with Crippen LogP contribution in [0.25, 0.3) is 6.08 Å². The summed E-state index contributed by atoms with van der Waals surface area (Å²) in [5.41, 5.74) is 14.6. The number of hydrogen-bond donors (Lipinski definition) is 2. The number of carbonyl (C=O) groups excluding carboxylic acids is 1. The van der Waals surface area contributed by atoms with Crippen molar-refractivity contribution < 1.29 is 9.18 Å². The molecule has 0 saturated heterocycles. The van der Waals surface area contributed by atoms with Crippen LogP contribution in [-0.2, 0) is 17.8 Å². The van der Waals surface area contributed by atoms with Crippen molar-refractivity contribution in [1.82, 2.24) is 10.2 Å². The second kappa shape index (κ2) is 18.0. The zero-order valence-electron chi connectivity index (χ0n) is 28.0. The molecule has 0 fully saturated rings. The fourth-order valence-electron chi connectivity index (χ4n) is 4.62. The lowest BCUT2D eigenvalue weighted by Gasteiger charge is -2.34. The Bertz CT molecular complexity index is 1410. The highest BCUT2D eigenvalue weighted by Crippen LogP contribution is 2.28. The molecule has 0 spiro atoms. The van der Waals surface area contributed by atoms with Crippen molar-refractivity contribution in [2.24, 2.45) is 5.73 Å². The fraction of sp³-hybridized carbons (Fsp3) is 0.359. The number of nitrogens with zero attached hydrogens (tertiary/aromatic N) is 1. The average molecular weight is 598 g/mol. The Hall–Kier alpha value is -3.96. The first-order chi connectivity index (χ1) is 20.9. The molecule has 3 aromatic rings. The lowest BCUT2D eigenvalue weighted by atomic mass is 10.0. The molecule has 0 heterocycles. The number of halogens is 1. The maximum absolute atomic E-state index is 13.6. The van der Waals surface area contributed by atoms with Gasteiger partial charge in [0.05, 0.1) is 12.1 Å². The molecule has 0 aromatic heterocycles. The van der Waals surface area contributed by atoms with Crippen LogP contribution in [0.5, 0.6) is 0 Å². The number of nitrogens with two attached hydrogens (primary N) is 1. The van der Waals surface area contributed by atoms with Crippen molar-refractivity contribution in [3.05, 3.63) is 136 Å². The van der Waals surface area contributed by atoms with Gasteiger partial charge in [0.25, 0.3) is 0 Å². The van der Waals surface area contributed by atoms with E-state index in [9.17, 15) is 9.18 Å². The SMILES string of the molecule is C/C=C\c1ccccc1C.CCC(C)=C(Cc1ccccc1)N(Cc1ccc(F)cc1)/C(CNC(=O)C(C)(C)N)=C(\C)CC. The van der Waals surface area contributed by atoms with E-state index in [0.29, 0.717) is 13.1 Å². The molecule has 0 radical (unpaired) electrons. The summed E-state index contributed by atoms with van der Waals surface area (Å²) in [5, 5.41) is 3.04. The Kier molecular flexibility index (Phi) is 14.8. The van der Waals surface area contributed by atoms with Gasteiger partial charge >= 0.3 is 0 Å². The first kappa shape index (κ1) is 36.2. The quantitative estimate of drug-likeness (QED) is 0.219. The molecule has 236 valence electrons. The number of benzene rings is 3. The molecule has 0 aliphatic rings. The van der Waals surface area contributed by atoms with Gasteiger partial charge in [0.2, 0.25) is 5.91 Å². The lowest BCUT2D eigenvalue weighted by Crippen LogP contribution is -2.50. The van der Waals surface area contributed by atoms with Gasteiger partial charge in [-0.2, -0.15) is 0 Å². The first-order valence-electron chi connectivity index (χ1n) is 15.6. The predicted octanol–water partition coefficient (Wildman–Crippen LogP) is 9.12. The third-order valence-corrected chi connectivity index (χ3v) is 7.70. The summed E-state index contributed by atoms with van der Waals surface area (Å²) >= 11 is 0. The second-order valence-electron chi connectivity index (χ2n) is 11.8. The lowest BCUT2D eigenvalue weighted by molar-refractivity contribution is -0.125. The molecule has 0 aliphatic heterocycles. The van der Waals surface area contributed by atoms with Crippen LogP contribution in [-0.4, -0.2) is 22.9 Å². The Balaban J connectivity index is 0.000000569. The topological polar surface area (TPSA) is 58.4 Å². The molecule has 0 atom stereocenters. The minimum absolute atomic E-state index is 0.198. The average Bonchev–Trinajstić information content (AvgIpc) is 3.01. The van der Waals surface area contributed by atoms with E-state index in [0.717, 1.165) is 30.5 Å². The van der Waals surface area contributed by atoms with Crippen LogP contribution >= 0.6 is 0 Å².